The fourth-order valence-electron chi connectivity index (χ4n) is 2.39. The van der Waals surface area contributed by atoms with E-state index in [1.165, 1.54) is 18.4 Å². The van der Waals surface area contributed by atoms with Crippen LogP contribution in [0, 0.1) is 0 Å². The number of allylic oxidation sites excluding steroid dienone is 1. The molecule has 2 amide bonds. The van der Waals surface area contributed by atoms with Gasteiger partial charge in [0.25, 0.3) is 5.24 Å². The highest BCUT2D eigenvalue weighted by Crippen LogP contribution is 2.28. The van der Waals surface area contributed by atoms with Crippen LogP contribution in [-0.4, -0.2) is 16.4 Å². The topological polar surface area (TPSA) is 46.2 Å². The average Bonchev–Trinajstić information content (AvgIpc) is 2.78. The minimum absolute atomic E-state index is 0.153. The van der Waals surface area contributed by atoms with Gasteiger partial charge in [0.15, 0.2) is 0 Å². The Morgan fingerprint density at radius 1 is 1.24 bits per heavy atom. The van der Waals surface area contributed by atoms with E-state index in [1.807, 2.05) is 18.2 Å². The van der Waals surface area contributed by atoms with E-state index in [9.17, 15) is 9.59 Å². The molecule has 1 saturated heterocycles. The number of carbonyl (C=O) groups excluding carboxylic acids is 2. The Hall–Kier alpha value is -1.55. The van der Waals surface area contributed by atoms with Crippen LogP contribution < -0.4 is 5.32 Å². The van der Waals surface area contributed by atoms with Crippen molar-refractivity contribution in [2.75, 3.05) is 0 Å². The maximum Gasteiger partial charge on any atom is 0.286 e. The summed E-state index contributed by atoms with van der Waals surface area (Å²) in [5.41, 5.74) is 2.40. The van der Waals surface area contributed by atoms with Crippen molar-refractivity contribution in [1.82, 2.24) is 5.32 Å². The highest BCUT2D eigenvalue weighted by Gasteiger charge is 2.31. The zero-order valence-corrected chi connectivity index (χ0v) is 13.1. The first kappa shape index (κ1) is 15.8. The molecule has 0 spiro atoms. The van der Waals surface area contributed by atoms with Gasteiger partial charge in [0.2, 0.25) is 5.91 Å². The molecule has 0 radical (unpaired) electrons. The number of thioether (sulfide) groups is 1. The molecule has 1 atom stereocenters. The van der Waals surface area contributed by atoms with Crippen molar-refractivity contribution in [3.05, 3.63) is 41.5 Å². The van der Waals surface area contributed by atoms with Gasteiger partial charge in [-0.3, -0.25) is 14.9 Å². The molecule has 21 heavy (non-hydrogen) atoms. The molecular weight excluding hydrogens is 282 g/mol. The monoisotopic (exact) mass is 303 g/mol. The van der Waals surface area contributed by atoms with Crippen molar-refractivity contribution < 1.29 is 9.59 Å². The third-order valence-electron chi connectivity index (χ3n) is 3.49. The molecular formula is C17H21NO2S. The molecule has 1 aromatic carbocycles. The van der Waals surface area contributed by atoms with Crippen molar-refractivity contribution in [1.29, 1.82) is 0 Å². The van der Waals surface area contributed by atoms with E-state index in [-0.39, 0.29) is 16.4 Å². The maximum atomic E-state index is 11.7. The number of nitrogens with one attached hydrogen (secondary N) is 1. The van der Waals surface area contributed by atoms with Gasteiger partial charge < -0.3 is 0 Å². The summed E-state index contributed by atoms with van der Waals surface area (Å²) in [6.07, 6.45) is 7.29. The second-order valence-corrected chi connectivity index (χ2v) is 6.43. The van der Waals surface area contributed by atoms with E-state index in [4.69, 9.17) is 0 Å². The molecule has 2 rings (SSSR count). The van der Waals surface area contributed by atoms with Gasteiger partial charge in [-0.2, -0.15) is 0 Å². The van der Waals surface area contributed by atoms with E-state index >= 15 is 0 Å². The van der Waals surface area contributed by atoms with Crippen LogP contribution >= 0.6 is 11.8 Å². The van der Waals surface area contributed by atoms with E-state index < -0.39 is 0 Å². The van der Waals surface area contributed by atoms with Crippen molar-refractivity contribution in [2.24, 2.45) is 0 Å². The van der Waals surface area contributed by atoms with E-state index in [1.54, 1.807) is 0 Å². The number of hydrogen-bond acceptors (Lipinski definition) is 3. The SMILES string of the molecule is CCCCC/C(=C/c1ccccc1)CC1SC(=O)NC1=O. The van der Waals surface area contributed by atoms with Crippen LogP contribution in [0.5, 0.6) is 0 Å². The van der Waals surface area contributed by atoms with Crippen molar-refractivity contribution in [2.45, 2.75) is 44.3 Å². The second kappa shape index (κ2) is 8.03. The van der Waals surface area contributed by atoms with Gasteiger partial charge >= 0.3 is 0 Å². The molecule has 1 unspecified atom stereocenters. The summed E-state index contributed by atoms with van der Waals surface area (Å²) in [5, 5.41) is 1.87. The second-order valence-electron chi connectivity index (χ2n) is 5.26. The zero-order chi connectivity index (χ0) is 15.1. The van der Waals surface area contributed by atoms with Crippen LogP contribution in [0.15, 0.2) is 35.9 Å². The predicted octanol–water partition coefficient (Wildman–Crippen LogP) is 4.39. The fraction of sp³-hybridized carbons (Fsp3) is 0.412. The van der Waals surface area contributed by atoms with E-state index in [0.717, 1.165) is 30.2 Å². The van der Waals surface area contributed by atoms with Gasteiger partial charge in [0.1, 0.15) is 0 Å². The molecule has 1 heterocycles. The number of hydrogen-bond donors (Lipinski definition) is 1. The first-order valence-corrected chi connectivity index (χ1v) is 8.33. The van der Waals surface area contributed by atoms with Gasteiger partial charge in [-0.15, -0.1) is 0 Å². The smallest absolute Gasteiger partial charge is 0.286 e. The molecule has 0 aliphatic carbocycles. The fourth-order valence-corrected chi connectivity index (χ4v) is 3.27. The first-order valence-electron chi connectivity index (χ1n) is 7.45. The normalized spacial score (nSPS) is 18.9. The van der Waals surface area contributed by atoms with Crippen molar-refractivity contribution in [3.8, 4) is 0 Å². The summed E-state index contributed by atoms with van der Waals surface area (Å²) in [7, 11) is 0. The van der Waals surface area contributed by atoms with Crippen LogP contribution in [0.25, 0.3) is 6.08 Å². The Morgan fingerprint density at radius 2 is 2.00 bits per heavy atom. The van der Waals surface area contributed by atoms with Crippen molar-refractivity contribution in [3.63, 3.8) is 0 Å². The molecule has 1 aromatic rings. The molecule has 1 aliphatic rings. The van der Waals surface area contributed by atoms with Crippen LogP contribution in [0.3, 0.4) is 0 Å². The Balaban J connectivity index is 2.06. The first-order chi connectivity index (χ1) is 10.2. The third-order valence-corrected chi connectivity index (χ3v) is 4.47. The summed E-state index contributed by atoms with van der Waals surface area (Å²) in [6.45, 7) is 2.18. The lowest BCUT2D eigenvalue weighted by Gasteiger charge is -2.10. The molecule has 0 aromatic heterocycles. The van der Waals surface area contributed by atoms with E-state index in [2.05, 4.69) is 30.4 Å². The van der Waals surface area contributed by atoms with Crippen LogP contribution in [-0.2, 0) is 4.79 Å². The minimum Gasteiger partial charge on any atom is -0.286 e. The number of benzene rings is 1. The molecule has 0 saturated carbocycles. The number of amides is 2. The number of imide groups is 1. The molecule has 1 aliphatic heterocycles. The van der Waals surface area contributed by atoms with E-state index in [0.29, 0.717) is 6.42 Å². The predicted molar refractivity (Wildman–Crippen MR) is 88.1 cm³/mol. The van der Waals surface area contributed by atoms with Gasteiger partial charge in [0.05, 0.1) is 5.25 Å². The largest absolute Gasteiger partial charge is 0.286 e. The summed E-state index contributed by atoms with van der Waals surface area (Å²) < 4.78 is 0. The molecule has 3 nitrogen and oxygen atoms in total. The van der Waals surface area contributed by atoms with Gasteiger partial charge in [-0.25, -0.2) is 0 Å². The summed E-state index contributed by atoms with van der Waals surface area (Å²) in [6, 6.07) is 10.1. The molecule has 4 heteroatoms. The van der Waals surface area contributed by atoms with Crippen molar-refractivity contribution >= 4 is 29.0 Å². The number of rotatable bonds is 7. The molecule has 1 N–H and O–H groups in total. The Morgan fingerprint density at radius 3 is 2.62 bits per heavy atom. The third kappa shape index (κ3) is 5.05. The molecule has 112 valence electrons. The Bertz CT molecular complexity index is 525. The number of carbonyl (C=O) groups is 2. The molecule has 0 bridgehead atoms. The minimum atomic E-state index is -0.269. The lowest BCUT2D eigenvalue weighted by molar-refractivity contribution is -0.118. The number of unbranched alkanes of at least 4 members (excludes halogenated alkanes) is 2. The van der Waals surface area contributed by atoms with Gasteiger partial charge in [0, 0.05) is 0 Å². The summed E-state index contributed by atoms with van der Waals surface area (Å²) in [5.74, 6) is -0.153. The molecule has 1 fully saturated rings. The van der Waals surface area contributed by atoms with Gasteiger partial charge in [-0.1, -0.05) is 73.5 Å². The van der Waals surface area contributed by atoms with Crippen LogP contribution in [0.2, 0.25) is 0 Å². The summed E-state index contributed by atoms with van der Waals surface area (Å²) in [4.78, 5) is 23.0. The standard InChI is InChI=1S/C17H21NO2S/c1-2-3-5-10-14(11-13-8-6-4-7-9-13)12-15-16(19)18-17(20)21-15/h4,6-9,11,15H,2-3,5,10,12H2,1H3,(H,18,19,20)/b14-11-. The highest BCUT2D eigenvalue weighted by atomic mass is 32.2. The zero-order valence-electron chi connectivity index (χ0n) is 12.3. The Labute approximate surface area is 130 Å². The lowest BCUT2D eigenvalue weighted by atomic mass is 9.99. The van der Waals surface area contributed by atoms with Gasteiger partial charge in [-0.05, 0) is 24.8 Å². The lowest BCUT2D eigenvalue weighted by Crippen LogP contribution is -2.24. The summed E-state index contributed by atoms with van der Waals surface area (Å²) >= 11 is 1.11. The quantitative estimate of drug-likeness (QED) is 0.760. The van der Waals surface area contributed by atoms with Crippen LogP contribution in [0.4, 0.5) is 4.79 Å². The Kier molecular flexibility index (Phi) is 6.05. The average molecular weight is 303 g/mol. The maximum absolute atomic E-state index is 11.7. The highest BCUT2D eigenvalue weighted by molar-refractivity contribution is 8.15. The van der Waals surface area contributed by atoms with Crippen LogP contribution in [0.1, 0.15) is 44.6 Å².